The predicted molar refractivity (Wildman–Crippen MR) is 69.7 cm³/mol. The molecule has 1 aromatic heterocycles. The Labute approximate surface area is 110 Å². The Hall–Kier alpha value is -2.37. The van der Waals surface area contributed by atoms with Crippen LogP contribution in [0.2, 0.25) is 0 Å². The van der Waals surface area contributed by atoms with Gasteiger partial charge in [0.1, 0.15) is 5.75 Å². The zero-order valence-electron chi connectivity index (χ0n) is 10.8. The molecule has 0 unspecified atom stereocenters. The topological polar surface area (TPSA) is 83.7 Å². The molecule has 0 fully saturated rings. The Morgan fingerprint density at radius 3 is 2.84 bits per heavy atom. The standard InChI is InChI=1S/C13H16N2O4/c1-8(16)14-6-5-10-11-7-9(19-2)3-4-12(11)15(18)13(10)17/h3-4,7,17-18H,5-6H2,1-2H3,(H,14,16). The smallest absolute Gasteiger partial charge is 0.229 e. The van der Waals surface area contributed by atoms with Crippen molar-refractivity contribution in [2.24, 2.45) is 0 Å². The first-order chi connectivity index (χ1) is 9.04. The molecule has 3 N–H and O–H groups in total. The van der Waals surface area contributed by atoms with Crippen LogP contribution in [-0.4, -0.2) is 34.6 Å². The van der Waals surface area contributed by atoms with E-state index in [-0.39, 0.29) is 11.8 Å². The quantitative estimate of drug-likeness (QED) is 0.726. The average molecular weight is 264 g/mol. The van der Waals surface area contributed by atoms with Crippen molar-refractivity contribution in [3.63, 3.8) is 0 Å². The SMILES string of the molecule is COc1ccc2c(c1)c(CCNC(C)=O)c(O)n2O. The van der Waals surface area contributed by atoms with E-state index in [1.54, 1.807) is 25.3 Å². The zero-order valence-corrected chi connectivity index (χ0v) is 10.8. The predicted octanol–water partition coefficient (Wildman–Crippen LogP) is 1.27. The van der Waals surface area contributed by atoms with Crippen LogP contribution in [0.25, 0.3) is 10.9 Å². The summed E-state index contributed by atoms with van der Waals surface area (Å²) in [6, 6.07) is 5.10. The molecule has 6 heteroatoms. The Balaban J connectivity index is 2.40. The van der Waals surface area contributed by atoms with Gasteiger partial charge in [-0.1, -0.05) is 0 Å². The molecule has 0 bridgehead atoms. The molecule has 0 saturated carbocycles. The van der Waals surface area contributed by atoms with Crippen molar-refractivity contribution in [2.75, 3.05) is 13.7 Å². The highest BCUT2D eigenvalue weighted by Crippen LogP contribution is 2.32. The number of amides is 1. The Bertz CT molecular complexity index is 619. The number of methoxy groups -OCH3 is 1. The van der Waals surface area contributed by atoms with E-state index in [1.807, 2.05) is 0 Å². The second-order valence-corrected chi connectivity index (χ2v) is 4.23. The first kappa shape index (κ1) is 13.1. The van der Waals surface area contributed by atoms with Crippen LogP contribution in [0.4, 0.5) is 0 Å². The van der Waals surface area contributed by atoms with Crippen molar-refractivity contribution in [3.8, 4) is 11.6 Å². The molecule has 2 aromatic rings. The van der Waals surface area contributed by atoms with E-state index >= 15 is 0 Å². The summed E-state index contributed by atoms with van der Waals surface area (Å²) in [4.78, 5) is 10.8. The molecule has 0 aliphatic rings. The minimum atomic E-state index is -0.214. The van der Waals surface area contributed by atoms with Crippen LogP contribution in [-0.2, 0) is 11.2 Å². The van der Waals surface area contributed by atoms with Crippen LogP contribution in [0.15, 0.2) is 18.2 Å². The van der Waals surface area contributed by atoms with Crippen LogP contribution in [0.5, 0.6) is 11.6 Å². The minimum Gasteiger partial charge on any atom is -0.497 e. The highest BCUT2D eigenvalue weighted by Gasteiger charge is 2.16. The molecule has 0 radical (unpaired) electrons. The van der Waals surface area contributed by atoms with Crippen molar-refractivity contribution in [1.29, 1.82) is 0 Å². The molecule has 6 nitrogen and oxygen atoms in total. The lowest BCUT2D eigenvalue weighted by Gasteiger charge is -2.03. The lowest BCUT2D eigenvalue weighted by atomic mass is 10.1. The number of carbonyl (C=O) groups is 1. The number of ether oxygens (including phenoxy) is 1. The lowest BCUT2D eigenvalue weighted by Crippen LogP contribution is -2.22. The van der Waals surface area contributed by atoms with Gasteiger partial charge in [-0.25, -0.2) is 0 Å². The van der Waals surface area contributed by atoms with E-state index in [0.717, 1.165) is 4.73 Å². The maximum atomic E-state index is 10.8. The number of carbonyl (C=O) groups excluding carboxylic acids is 1. The van der Waals surface area contributed by atoms with Gasteiger partial charge in [0, 0.05) is 24.4 Å². The first-order valence-corrected chi connectivity index (χ1v) is 5.88. The fourth-order valence-corrected chi connectivity index (χ4v) is 2.04. The van der Waals surface area contributed by atoms with Gasteiger partial charge in [-0.05, 0) is 24.6 Å². The average Bonchev–Trinajstić information content (AvgIpc) is 2.63. The minimum absolute atomic E-state index is 0.134. The van der Waals surface area contributed by atoms with Gasteiger partial charge in [0.2, 0.25) is 11.8 Å². The normalized spacial score (nSPS) is 10.6. The van der Waals surface area contributed by atoms with Crippen LogP contribution >= 0.6 is 0 Å². The summed E-state index contributed by atoms with van der Waals surface area (Å²) in [5, 5.41) is 23.0. The summed E-state index contributed by atoms with van der Waals surface area (Å²) in [7, 11) is 1.55. The largest absolute Gasteiger partial charge is 0.497 e. The van der Waals surface area contributed by atoms with Crippen molar-refractivity contribution >= 4 is 16.8 Å². The molecule has 0 atom stereocenters. The molecule has 1 heterocycles. The van der Waals surface area contributed by atoms with Crippen molar-refractivity contribution in [3.05, 3.63) is 23.8 Å². The highest BCUT2D eigenvalue weighted by molar-refractivity contribution is 5.87. The highest BCUT2D eigenvalue weighted by atomic mass is 16.5. The number of nitrogens with one attached hydrogen (secondary N) is 1. The van der Waals surface area contributed by atoms with E-state index in [1.165, 1.54) is 6.92 Å². The zero-order chi connectivity index (χ0) is 14.0. The number of hydrogen-bond donors (Lipinski definition) is 3. The van der Waals surface area contributed by atoms with Gasteiger partial charge in [0.15, 0.2) is 0 Å². The summed E-state index contributed by atoms with van der Waals surface area (Å²) < 4.78 is 5.86. The molecule has 102 valence electrons. The molecule has 19 heavy (non-hydrogen) atoms. The van der Waals surface area contributed by atoms with E-state index in [9.17, 15) is 15.1 Å². The molecular formula is C13H16N2O4. The third-order valence-electron chi connectivity index (χ3n) is 2.98. The number of hydrogen-bond acceptors (Lipinski definition) is 4. The van der Waals surface area contributed by atoms with Gasteiger partial charge in [0.05, 0.1) is 12.6 Å². The Kier molecular flexibility index (Phi) is 3.50. The molecule has 2 rings (SSSR count). The number of aromatic nitrogens is 1. The van der Waals surface area contributed by atoms with E-state index < -0.39 is 0 Å². The van der Waals surface area contributed by atoms with Crippen LogP contribution in [0.3, 0.4) is 0 Å². The third kappa shape index (κ3) is 2.42. The summed E-state index contributed by atoms with van der Waals surface area (Å²) in [6.45, 7) is 1.82. The molecule has 0 aliphatic heterocycles. The maximum Gasteiger partial charge on any atom is 0.229 e. The lowest BCUT2D eigenvalue weighted by molar-refractivity contribution is -0.118. The summed E-state index contributed by atoms with van der Waals surface area (Å²) >= 11 is 0. The number of aromatic hydroxyl groups is 1. The second-order valence-electron chi connectivity index (χ2n) is 4.23. The van der Waals surface area contributed by atoms with Crippen LogP contribution in [0.1, 0.15) is 12.5 Å². The van der Waals surface area contributed by atoms with Crippen molar-refractivity contribution < 1.29 is 19.8 Å². The Morgan fingerprint density at radius 2 is 2.21 bits per heavy atom. The van der Waals surface area contributed by atoms with Crippen molar-refractivity contribution in [2.45, 2.75) is 13.3 Å². The second kappa shape index (κ2) is 5.09. The van der Waals surface area contributed by atoms with Crippen LogP contribution in [0, 0.1) is 0 Å². The van der Waals surface area contributed by atoms with Crippen molar-refractivity contribution in [1.82, 2.24) is 10.0 Å². The van der Waals surface area contributed by atoms with Gasteiger partial charge in [-0.3, -0.25) is 4.79 Å². The fourth-order valence-electron chi connectivity index (χ4n) is 2.04. The number of nitrogens with zero attached hydrogens (tertiary/aromatic N) is 1. The summed E-state index contributed by atoms with van der Waals surface area (Å²) in [5.74, 6) is 0.289. The van der Waals surface area contributed by atoms with Gasteiger partial charge >= 0.3 is 0 Å². The molecule has 0 aliphatic carbocycles. The van der Waals surface area contributed by atoms with Gasteiger partial charge < -0.3 is 20.4 Å². The molecule has 1 amide bonds. The van der Waals surface area contributed by atoms with Gasteiger partial charge in [-0.15, -0.1) is 0 Å². The molecule has 0 saturated heterocycles. The first-order valence-electron chi connectivity index (χ1n) is 5.88. The molecule has 0 spiro atoms. The summed E-state index contributed by atoms with van der Waals surface area (Å²) in [5.41, 5.74) is 1.07. The monoisotopic (exact) mass is 264 g/mol. The number of rotatable bonds is 4. The van der Waals surface area contributed by atoms with E-state index in [4.69, 9.17) is 4.74 Å². The maximum absolute atomic E-state index is 10.8. The van der Waals surface area contributed by atoms with Crippen LogP contribution < -0.4 is 10.1 Å². The van der Waals surface area contributed by atoms with E-state index in [2.05, 4.69) is 5.32 Å². The van der Waals surface area contributed by atoms with Gasteiger partial charge in [0.25, 0.3) is 0 Å². The van der Waals surface area contributed by atoms with E-state index in [0.29, 0.717) is 35.2 Å². The summed E-state index contributed by atoms with van der Waals surface area (Å²) in [6.07, 6.45) is 0.419. The fraction of sp³-hybridized carbons (Fsp3) is 0.308. The Morgan fingerprint density at radius 1 is 1.47 bits per heavy atom. The third-order valence-corrected chi connectivity index (χ3v) is 2.98. The number of benzene rings is 1. The number of fused-ring (bicyclic) bond motifs is 1. The molecular weight excluding hydrogens is 248 g/mol. The van der Waals surface area contributed by atoms with Gasteiger partial charge in [-0.2, -0.15) is 4.73 Å². The molecule has 1 aromatic carbocycles.